The molecule has 1 fully saturated rings. The lowest BCUT2D eigenvalue weighted by Gasteiger charge is -2.41. The molecule has 1 aromatic carbocycles. The zero-order valence-corrected chi connectivity index (χ0v) is 15.6. The van der Waals surface area contributed by atoms with E-state index < -0.39 is 0 Å². The molecule has 0 bridgehead atoms. The maximum atomic E-state index is 9.54. The maximum Gasteiger partial charge on any atom is 0.123 e. The van der Waals surface area contributed by atoms with E-state index in [2.05, 4.69) is 33.0 Å². The lowest BCUT2D eigenvalue weighted by atomic mass is 10.1. The standard InChI is InChI=1S/C21H29N3O2/c1-2-26-21-8-4-3-7-19(21)16-24-12-11-23(17-20(24)9-13-25)15-18-6-5-10-22-14-18/h3-8,10,14,20,25H,2,9,11-13,15-17H2,1H3/t20-/m1/s1. The molecular weight excluding hydrogens is 326 g/mol. The van der Waals surface area contributed by atoms with Gasteiger partial charge in [-0.2, -0.15) is 0 Å². The molecule has 0 spiro atoms. The van der Waals surface area contributed by atoms with Crippen LogP contribution in [0.15, 0.2) is 48.8 Å². The Hall–Kier alpha value is -1.95. The van der Waals surface area contributed by atoms with Crippen LogP contribution >= 0.6 is 0 Å². The summed E-state index contributed by atoms with van der Waals surface area (Å²) in [5.41, 5.74) is 2.46. The van der Waals surface area contributed by atoms with Gasteiger partial charge < -0.3 is 9.84 Å². The molecule has 0 radical (unpaired) electrons. The third kappa shape index (κ3) is 5.04. The normalized spacial score (nSPS) is 18.8. The van der Waals surface area contributed by atoms with Gasteiger partial charge in [0.15, 0.2) is 0 Å². The summed E-state index contributed by atoms with van der Waals surface area (Å²) in [5.74, 6) is 0.968. The molecule has 1 aliphatic rings. The highest BCUT2D eigenvalue weighted by Crippen LogP contribution is 2.23. The monoisotopic (exact) mass is 355 g/mol. The Kier molecular flexibility index (Phi) is 7.00. The van der Waals surface area contributed by atoms with E-state index in [-0.39, 0.29) is 6.61 Å². The zero-order valence-electron chi connectivity index (χ0n) is 15.6. The number of benzene rings is 1. The number of hydrogen-bond donors (Lipinski definition) is 1. The van der Waals surface area contributed by atoms with Crippen molar-refractivity contribution in [2.24, 2.45) is 0 Å². The fourth-order valence-corrected chi connectivity index (χ4v) is 3.63. The number of piperazine rings is 1. The van der Waals surface area contributed by atoms with E-state index in [1.54, 1.807) is 0 Å². The Morgan fingerprint density at radius 1 is 1.15 bits per heavy atom. The van der Waals surface area contributed by atoms with Crippen LogP contribution in [0.4, 0.5) is 0 Å². The average molecular weight is 355 g/mol. The van der Waals surface area contributed by atoms with E-state index in [0.717, 1.165) is 44.9 Å². The molecule has 5 nitrogen and oxygen atoms in total. The number of hydrogen-bond acceptors (Lipinski definition) is 5. The molecule has 0 amide bonds. The highest BCUT2D eigenvalue weighted by atomic mass is 16.5. The molecule has 1 aromatic heterocycles. The first-order valence-corrected chi connectivity index (χ1v) is 9.47. The van der Waals surface area contributed by atoms with E-state index in [4.69, 9.17) is 4.74 Å². The van der Waals surface area contributed by atoms with Crippen LogP contribution in [0.25, 0.3) is 0 Å². The summed E-state index contributed by atoms with van der Waals surface area (Å²) >= 11 is 0. The van der Waals surface area contributed by atoms with Crippen molar-refractivity contribution < 1.29 is 9.84 Å². The fourth-order valence-electron chi connectivity index (χ4n) is 3.63. The quantitative estimate of drug-likeness (QED) is 0.789. The predicted octanol–water partition coefficient (Wildman–Crippen LogP) is 2.55. The molecule has 3 rings (SSSR count). The molecule has 2 aromatic rings. The molecule has 1 atom stereocenters. The van der Waals surface area contributed by atoms with Crippen molar-refractivity contribution in [2.75, 3.05) is 32.8 Å². The molecule has 0 aliphatic carbocycles. The molecule has 0 unspecified atom stereocenters. The first kappa shape index (κ1) is 18.8. The van der Waals surface area contributed by atoms with Gasteiger partial charge in [0.2, 0.25) is 0 Å². The number of aliphatic hydroxyl groups is 1. The number of aliphatic hydroxyl groups excluding tert-OH is 1. The summed E-state index contributed by atoms with van der Waals surface area (Å²) in [6.45, 7) is 7.67. The van der Waals surface area contributed by atoms with E-state index in [1.165, 1.54) is 11.1 Å². The lowest BCUT2D eigenvalue weighted by molar-refractivity contribution is 0.0493. The van der Waals surface area contributed by atoms with Crippen LogP contribution in [0.2, 0.25) is 0 Å². The smallest absolute Gasteiger partial charge is 0.123 e. The molecule has 1 aliphatic heterocycles. The first-order chi connectivity index (χ1) is 12.8. The van der Waals surface area contributed by atoms with Crippen LogP contribution in [0.5, 0.6) is 5.75 Å². The van der Waals surface area contributed by atoms with E-state index >= 15 is 0 Å². The molecule has 1 saturated heterocycles. The largest absolute Gasteiger partial charge is 0.494 e. The van der Waals surface area contributed by atoms with Gasteiger partial charge in [-0.25, -0.2) is 0 Å². The molecule has 2 heterocycles. The first-order valence-electron chi connectivity index (χ1n) is 9.47. The van der Waals surface area contributed by atoms with Gasteiger partial charge in [-0.1, -0.05) is 24.3 Å². The number of ether oxygens (including phenoxy) is 1. The number of pyridine rings is 1. The Morgan fingerprint density at radius 3 is 2.81 bits per heavy atom. The van der Waals surface area contributed by atoms with Crippen LogP contribution in [-0.4, -0.2) is 58.8 Å². The minimum atomic E-state index is 0.217. The molecule has 5 heteroatoms. The van der Waals surface area contributed by atoms with Crippen LogP contribution in [0.1, 0.15) is 24.5 Å². The molecule has 0 saturated carbocycles. The van der Waals surface area contributed by atoms with Gasteiger partial charge in [-0.15, -0.1) is 0 Å². The van der Waals surface area contributed by atoms with E-state index in [0.29, 0.717) is 12.6 Å². The second-order valence-corrected chi connectivity index (χ2v) is 6.77. The van der Waals surface area contributed by atoms with Gasteiger partial charge in [0.25, 0.3) is 0 Å². The zero-order chi connectivity index (χ0) is 18.2. The van der Waals surface area contributed by atoms with Crippen LogP contribution in [0, 0.1) is 0 Å². The average Bonchev–Trinajstić information content (AvgIpc) is 2.66. The van der Waals surface area contributed by atoms with Gasteiger partial charge in [0, 0.05) is 63.3 Å². The SMILES string of the molecule is CCOc1ccccc1CN1CCN(Cc2cccnc2)C[C@H]1CCO. The van der Waals surface area contributed by atoms with Crippen molar-refractivity contribution in [2.45, 2.75) is 32.5 Å². The number of rotatable bonds is 8. The van der Waals surface area contributed by atoms with Crippen molar-refractivity contribution in [1.29, 1.82) is 0 Å². The Labute approximate surface area is 156 Å². The summed E-state index contributed by atoms with van der Waals surface area (Å²) in [4.78, 5) is 9.15. The van der Waals surface area contributed by atoms with Crippen molar-refractivity contribution in [1.82, 2.24) is 14.8 Å². The van der Waals surface area contributed by atoms with Gasteiger partial charge in [-0.05, 0) is 31.0 Å². The molecule has 140 valence electrons. The third-order valence-corrected chi connectivity index (χ3v) is 4.93. The van der Waals surface area contributed by atoms with Crippen LogP contribution < -0.4 is 4.74 Å². The summed E-state index contributed by atoms with van der Waals surface area (Å²) in [7, 11) is 0. The van der Waals surface area contributed by atoms with Gasteiger partial charge in [0.05, 0.1) is 6.61 Å². The van der Waals surface area contributed by atoms with Gasteiger partial charge >= 0.3 is 0 Å². The van der Waals surface area contributed by atoms with Gasteiger partial charge in [0.1, 0.15) is 5.75 Å². The predicted molar refractivity (Wildman–Crippen MR) is 103 cm³/mol. The summed E-state index contributed by atoms with van der Waals surface area (Å²) in [6.07, 6.45) is 4.54. The van der Waals surface area contributed by atoms with Crippen LogP contribution in [-0.2, 0) is 13.1 Å². The van der Waals surface area contributed by atoms with Gasteiger partial charge in [-0.3, -0.25) is 14.8 Å². The number of nitrogens with zero attached hydrogens (tertiary/aromatic N) is 3. The Bertz CT molecular complexity index is 665. The topological polar surface area (TPSA) is 48.8 Å². The van der Waals surface area contributed by atoms with Crippen molar-refractivity contribution in [3.8, 4) is 5.75 Å². The minimum Gasteiger partial charge on any atom is -0.494 e. The molecule has 1 N–H and O–H groups in total. The Balaban J connectivity index is 1.65. The number of para-hydroxylation sites is 1. The molecular formula is C21H29N3O2. The van der Waals surface area contributed by atoms with Crippen molar-refractivity contribution in [3.63, 3.8) is 0 Å². The van der Waals surface area contributed by atoms with E-state index in [1.807, 2.05) is 37.5 Å². The van der Waals surface area contributed by atoms with Crippen molar-refractivity contribution in [3.05, 3.63) is 59.9 Å². The van der Waals surface area contributed by atoms with Crippen LogP contribution in [0.3, 0.4) is 0 Å². The second-order valence-electron chi connectivity index (χ2n) is 6.77. The third-order valence-electron chi connectivity index (χ3n) is 4.93. The highest BCUT2D eigenvalue weighted by Gasteiger charge is 2.27. The van der Waals surface area contributed by atoms with Crippen molar-refractivity contribution >= 4 is 0 Å². The minimum absolute atomic E-state index is 0.217. The summed E-state index contributed by atoms with van der Waals surface area (Å²) in [6, 6.07) is 12.7. The summed E-state index contributed by atoms with van der Waals surface area (Å²) in [5, 5.41) is 9.54. The lowest BCUT2D eigenvalue weighted by Crippen LogP contribution is -2.52. The van der Waals surface area contributed by atoms with E-state index in [9.17, 15) is 5.11 Å². The second kappa shape index (κ2) is 9.67. The molecule has 26 heavy (non-hydrogen) atoms. The Morgan fingerprint density at radius 2 is 2.04 bits per heavy atom. The highest BCUT2D eigenvalue weighted by molar-refractivity contribution is 5.33. The maximum absolute atomic E-state index is 9.54. The fraction of sp³-hybridized carbons (Fsp3) is 0.476. The summed E-state index contributed by atoms with van der Waals surface area (Å²) < 4.78 is 5.78. The number of aromatic nitrogens is 1.